The summed E-state index contributed by atoms with van der Waals surface area (Å²) in [6.45, 7) is 2.26. The van der Waals surface area contributed by atoms with Crippen molar-refractivity contribution in [2.75, 3.05) is 0 Å². The number of nitrogens with one attached hydrogen (secondary N) is 1. The molecule has 0 radical (unpaired) electrons. The highest BCUT2D eigenvalue weighted by molar-refractivity contribution is 9.11. The first kappa shape index (κ1) is 14.8. The second-order valence-corrected chi connectivity index (χ2v) is 5.66. The molecule has 2 nitrogen and oxygen atoms in total. The van der Waals surface area contributed by atoms with Crippen molar-refractivity contribution in [3.8, 4) is 0 Å². The van der Waals surface area contributed by atoms with Crippen LogP contribution in [0.3, 0.4) is 0 Å². The molecule has 0 aliphatic heterocycles. The molecule has 1 rings (SSSR count). The largest absolute Gasteiger partial charge is 0.339 e. The zero-order valence-corrected chi connectivity index (χ0v) is 12.8. The van der Waals surface area contributed by atoms with E-state index in [9.17, 15) is 0 Å². The normalized spacial score (nSPS) is 12.0. The molecule has 0 spiro atoms. The van der Waals surface area contributed by atoms with Crippen LogP contribution < -0.4 is 0 Å². The van der Waals surface area contributed by atoms with Crippen LogP contribution in [0.4, 0.5) is 0 Å². The number of imidazole rings is 1. The first-order valence-electron chi connectivity index (χ1n) is 6.33. The maximum atomic E-state index is 4.22. The Morgan fingerprint density at radius 2 is 2.12 bits per heavy atom. The van der Waals surface area contributed by atoms with Crippen LogP contribution in [-0.4, -0.2) is 9.97 Å². The Morgan fingerprint density at radius 3 is 2.76 bits per heavy atom. The van der Waals surface area contributed by atoms with E-state index in [0.29, 0.717) is 0 Å². The predicted octanol–water partition coefficient (Wildman–Crippen LogP) is 5.49. The number of thioether (sulfide) groups is 1. The second kappa shape index (κ2) is 9.77. The number of rotatable bonds is 9. The summed E-state index contributed by atoms with van der Waals surface area (Å²) in [4.78, 5) is 10.7. The standard InChI is InChI=1S/C13H21BrN2S/c1-2-3-4-5-6-7-8-12(11-14)17-13-15-9-10-16-13/h9-11H,2-8H2,1H3,(H,15,16)/b12-11-. The number of aromatic amines is 1. The first-order valence-corrected chi connectivity index (χ1v) is 8.06. The summed E-state index contributed by atoms with van der Waals surface area (Å²) in [5, 5.41) is 0.974. The SMILES string of the molecule is CCCCCCCC/C(=C/Br)Sc1ncc[nH]1. The van der Waals surface area contributed by atoms with Crippen molar-refractivity contribution in [2.45, 2.75) is 57.0 Å². The Bertz CT molecular complexity index is 309. The van der Waals surface area contributed by atoms with Crippen LogP contribution in [0.25, 0.3) is 0 Å². The van der Waals surface area contributed by atoms with E-state index in [1.807, 2.05) is 11.2 Å². The van der Waals surface area contributed by atoms with Gasteiger partial charge in [0.1, 0.15) is 0 Å². The number of hydrogen-bond acceptors (Lipinski definition) is 2. The van der Waals surface area contributed by atoms with Gasteiger partial charge in [-0.1, -0.05) is 66.7 Å². The van der Waals surface area contributed by atoms with Crippen LogP contribution in [-0.2, 0) is 0 Å². The van der Waals surface area contributed by atoms with Crippen LogP contribution in [0, 0.1) is 0 Å². The van der Waals surface area contributed by atoms with E-state index in [0.717, 1.165) is 11.6 Å². The maximum absolute atomic E-state index is 4.22. The zero-order valence-electron chi connectivity index (χ0n) is 10.4. The van der Waals surface area contributed by atoms with Gasteiger partial charge in [-0.2, -0.15) is 0 Å². The van der Waals surface area contributed by atoms with Crippen molar-refractivity contribution >= 4 is 27.7 Å². The quantitative estimate of drug-likeness (QED) is 0.482. The molecule has 0 saturated heterocycles. The Kier molecular flexibility index (Phi) is 8.53. The van der Waals surface area contributed by atoms with Gasteiger partial charge in [0.15, 0.2) is 5.16 Å². The molecular formula is C13H21BrN2S. The summed E-state index contributed by atoms with van der Waals surface area (Å²) in [7, 11) is 0. The lowest BCUT2D eigenvalue weighted by molar-refractivity contribution is 0.610. The van der Waals surface area contributed by atoms with E-state index in [4.69, 9.17) is 0 Å². The summed E-state index contributed by atoms with van der Waals surface area (Å²) in [5.74, 6) is 0. The minimum absolute atomic E-state index is 0.974. The molecule has 0 fully saturated rings. The highest BCUT2D eigenvalue weighted by Gasteiger charge is 2.02. The zero-order chi connectivity index (χ0) is 12.3. The summed E-state index contributed by atoms with van der Waals surface area (Å²) in [6, 6.07) is 0. The third kappa shape index (κ3) is 6.94. The minimum Gasteiger partial charge on any atom is -0.339 e. The van der Waals surface area contributed by atoms with Crippen molar-refractivity contribution in [2.24, 2.45) is 0 Å². The smallest absolute Gasteiger partial charge is 0.169 e. The molecule has 1 aromatic rings. The Hall–Kier alpha value is -0.220. The molecule has 0 aliphatic rings. The van der Waals surface area contributed by atoms with Crippen LogP contribution >= 0.6 is 27.7 Å². The van der Waals surface area contributed by atoms with E-state index < -0.39 is 0 Å². The molecule has 0 atom stereocenters. The van der Waals surface area contributed by atoms with E-state index in [2.05, 4.69) is 32.8 Å². The van der Waals surface area contributed by atoms with Gasteiger partial charge in [0, 0.05) is 12.4 Å². The molecule has 1 aromatic heterocycles. The number of nitrogens with zero attached hydrogens (tertiary/aromatic N) is 1. The third-order valence-electron chi connectivity index (χ3n) is 2.60. The van der Waals surface area contributed by atoms with E-state index >= 15 is 0 Å². The molecule has 0 aliphatic carbocycles. The molecule has 0 aromatic carbocycles. The summed E-state index contributed by atoms with van der Waals surface area (Å²) in [6.07, 6.45) is 12.9. The average molecular weight is 317 g/mol. The van der Waals surface area contributed by atoms with Crippen molar-refractivity contribution in [3.63, 3.8) is 0 Å². The molecule has 0 amide bonds. The van der Waals surface area contributed by atoms with Crippen LogP contribution in [0.1, 0.15) is 51.9 Å². The highest BCUT2D eigenvalue weighted by atomic mass is 79.9. The minimum atomic E-state index is 0.974. The van der Waals surface area contributed by atoms with Crippen LogP contribution in [0.5, 0.6) is 0 Å². The van der Waals surface area contributed by atoms with Gasteiger partial charge in [-0.25, -0.2) is 4.98 Å². The lowest BCUT2D eigenvalue weighted by Gasteiger charge is -2.04. The lowest BCUT2D eigenvalue weighted by atomic mass is 10.1. The maximum Gasteiger partial charge on any atom is 0.169 e. The van der Waals surface area contributed by atoms with Gasteiger partial charge in [0.2, 0.25) is 0 Å². The van der Waals surface area contributed by atoms with Crippen molar-refractivity contribution < 1.29 is 0 Å². The molecule has 96 valence electrons. The second-order valence-electron chi connectivity index (χ2n) is 4.09. The molecule has 17 heavy (non-hydrogen) atoms. The third-order valence-corrected chi connectivity index (χ3v) is 4.46. The molecule has 0 saturated carbocycles. The number of allylic oxidation sites excluding steroid dienone is 1. The van der Waals surface area contributed by atoms with Gasteiger partial charge >= 0.3 is 0 Å². The van der Waals surface area contributed by atoms with Crippen LogP contribution in [0.15, 0.2) is 27.4 Å². The van der Waals surface area contributed by atoms with Crippen molar-refractivity contribution in [1.82, 2.24) is 9.97 Å². The average Bonchev–Trinajstić information content (AvgIpc) is 2.85. The van der Waals surface area contributed by atoms with Gasteiger partial charge in [-0.15, -0.1) is 0 Å². The first-order chi connectivity index (χ1) is 8.36. The Labute approximate surface area is 117 Å². The summed E-state index contributed by atoms with van der Waals surface area (Å²) < 4.78 is 0. The van der Waals surface area contributed by atoms with Crippen molar-refractivity contribution in [3.05, 3.63) is 22.3 Å². The van der Waals surface area contributed by atoms with Gasteiger partial charge in [0.25, 0.3) is 0 Å². The molecule has 0 unspecified atom stereocenters. The van der Waals surface area contributed by atoms with E-state index in [1.54, 1.807) is 18.0 Å². The number of H-pyrrole nitrogens is 1. The fourth-order valence-corrected chi connectivity index (χ4v) is 2.93. The number of hydrogen-bond donors (Lipinski definition) is 1. The fourth-order valence-electron chi connectivity index (χ4n) is 1.64. The van der Waals surface area contributed by atoms with E-state index in [-0.39, 0.29) is 0 Å². The van der Waals surface area contributed by atoms with Gasteiger partial charge in [-0.05, 0) is 22.7 Å². The topological polar surface area (TPSA) is 28.7 Å². The van der Waals surface area contributed by atoms with Gasteiger partial charge in [-0.3, -0.25) is 0 Å². The number of unbranched alkanes of at least 4 members (excludes halogenated alkanes) is 5. The summed E-state index contributed by atoms with van der Waals surface area (Å²) in [5.41, 5.74) is 0. The van der Waals surface area contributed by atoms with Gasteiger partial charge in [0.05, 0.1) is 0 Å². The van der Waals surface area contributed by atoms with E-state index in [1.165, 1.54) is 43.4 Å². The summed E-state index contributed by atoms with van der Waals surface area (Å²) >= 11 is 5.14. The Morgan fingerprint density at radius 1 is 1.35 bits per heavy atom. The van der Waals surface area contributed by atoms with Gasteiger partial charge < -0.3 is 4.98 Å². The predicted molar refractivity (Wildman–Crippen MR) is 79.4 cm³/mol. The number of halogens is 1. The number of aromatic nitrogens is 2. The van der Waals surface area contributed by atoms with Crippen molar-refractivity contribution in [1.29, 1.82) is 0 Å². The Balaban J connectivity index is 2.11. The van der Waals surface area contributed by atoms with Crippen LogP contribution in [0.2, 0.25) is 0 Å². The molecule has 4 heteroatoms. The lowest BCUT2D eigenvalue weighted by Crippen LogP contribution is -1.83. The molecule has 1 heterocycles. The highest BCUT2D eigenvalue weighted by Crippen LogP contribution is 2.28. The molecule has 0 bridgehead atoms. The monoisotopic (exact) mass is 316 g/mol. The fraction of sp³-hybridized carbons (Fsp3) is 0.615. The molecular weight excluding hydrogens is 296 g/mol. The molecule has 1 N–H and O–H groups in total.